The fourth-order valence-electron chi connectivity index (χ4n) is 4.00. The number of carbonyl (C=O) groups is 1. The van der Waals surface area contributed by atoms with Crippen LogP contribution in [0.15, 0.2) is 0 Å². The summed E-state index contributed by atoms with van der Waals surface area (Å²) in [5.41, 5.74) is 0.0683. The maximum atomic E-state index is 12.4. The van der Waals surface area contributed by atoms with E-state index in [9.17, 15) is 9.90 Å². The first kappa shape index (κ1) is 15.6. The highest BCUT2D eigenvalue weighted by atomic mass is 16.5. The maximum Gasteiger partial charge on any atom is 0.317 e. The molecule has 1 saturated carbocycles. The Kier molecular flexibility index (Phi) is 4.91. The molecule has 2 aliphatic rings. The van der Waals surface area contributed by atoms with Gasteiger partial charge in [-0.2, -0.15) is 0 Å². The zero-order valence-corrected chi connectivity index (χ0v) is 12.9. The van der Waals surface area contributed by atoms with E-state index in [4.69, 9.17) is 4.74 Å². The monoisotopic (exact) mass is 284 g/mol. The van der Waals surface area contributed by atoms with Crippen molar-refractivity contribution in [3.8, 4) is 0 Å². The van der Waals surface area contributed by atoms with Crippen molar-refractivity contribution >= 4 is 6.03 Å². The van der Waals surface area contributed by atoms with Gasteiger partial charge >= 0.3 is 6.03 Å². The number of aliphatic hydroxyl groups excluding tert-OH is 1. The van der Waals surface area contributed by atoms with Gasteiger partial charge in [0, 0.05) is 25.1 Å². The summed E-state index contributed by atoms with van der Waals surface area (Å²) >= 11 is 0. The summed E-state index contributed by atoms with van der Waals surface area (Å²) in [6.45, 7) is 5.15. The van der Waals surface area contributed by atoms with Crippen molar-refractivity contribution in [3.05, 3.63) is 0 Å². The van der Waals surface area contributed by atoms with Gasteiger partial charge in [0.25, 0.3) is 0 Å². The Balaban J connectivity index is 1.98. The van der Waals surface area contributed by atoms with Crippen LogP contribution in [0.2, 0.25) is 0 Å². The van der Waals surface area contributed by atoms with Gasteiger partial charge in [0.2, 0.25) is 0 Å². The Morgan fingerprint density at radius 3 is 2.70 bits per heavy atom. The van der Waals surface area contributed by atoms with Crippen LogP contribution in [-0.2, 0) is 4.74 Å². The number of aliphatic hydroxyl groups is 1. The first-order valence-corrected chi connectivity index (χ1v) is 7.83. The number of amides is 2. The van der Waals surface area contributed by atoms with Crippen molar-refractivity contribution in [3.63, 3.8) is 0 Å². The molecular weight excluding hydrogens is 256 g/mol. The minimum atomic E-state index is -0.0209. The molecule has 1 aliphatic heterocycles. The topological polar surface area (TPSA) is 61.8 Å². The maximum absolute atomic E-state index is 12.4. The molecule has 1 saturated heterocycles. The summed E-state index contributed by atoms with van der Waals surface area (Å²) in [6, 6.07) is 0.160. The molecule has 5 heteroatoms. The fourth-order valence-corrected chi connectivity index (χ4v) is 4.00. The Hall–Kier alpha value is -0.810. The molecule has 0 aromatic rings. The van der Waals surface area contributed by atoms with E-state index in [0.29, 0.717) is 0 Å². The van der Waals surface area contributed by atoms with Crippen LogP contribution >= 0.6 is 0 Å². The smallest absolute Gasteiger partial charge is 0.317 e. The predicted octanol–water partition coefficient (Wildman–Crippen LogP) is 1.75. The lowest BCUT2D eigenvalue weighted by Gasteiger charge is -2.55. The van der Waals surface area contributed by atoms with E-state index in [-0.39, 0.29) is 36.2 Å². The van der Waals surface area contributed by atoms with Crippen molar-refractivity contribution in [2.75, 3.05) is 20.3 Å². The van der Waals surface area contributed by atoms with Gasteiger partial charge in [-0.15, -0.1) is 0 Å². The second kappa shape index (κ2) is 6.31. The van der Waals surface area contributed by atoms with Crippen LogP contribution in [0.5, 0.6) is 0 Å². The molecule has 0 aromatic carbocycles. The zero-order chi connectivity index (χ0) is 14.8. The first-order valence-electron chi connectivity index (χ1n) is 7.83. The molecule has 3 atom stereocenters. The molecule has 2 rings (SSSR count). The molecule has 116 valence electrons. The highest BCUT2D eigenvalue weighted by molar-refractivity contribution is 5.75. The van der Waals surface area contributed by atoms with Crippen molar-refractivity contribution in [1.29, 1.82) is 0 Å². The third-order valence-electron chi connectivity index (χ3n) is 5.53. The minimum Gasteiger partial charge on any atom is -0.394 e. The van der Waals surface area contributed by atoms with E-state index in [1.54, 1.807) is 12.0 Å². The molecule has 2 N–H and O–H groups in total. The van der Waals surface area contributed by atoms with Crippen LogP contribution in [0, 0.1) is 5.41 Å². The van der Waals surface area contributed by atoms with Crippen molar-refractivity contribution in [2.45, 2.75) is 64.1 Å². The SMILES string of the molecule is CCC1(CC)C(NC(=O)N2CCC[C@@H]2CO)CC1OC. The molecule has 0 spiro atoms. The summed E-state index contributed by atoms with van der Waals surface area (Å²) in [7, 11) is 1.76. The number of carbonyl (C=O) groups excluding carboxylic acids is 1. The second-order valence-electron chi connectivity index (χ2n) is 6.07. The average molecular weight is 284 g/mol. The quantitative estimate of drug-likeness (QED) is 0.808. The Bertz CT molecular complexity index is 344. The molecule has 1 aliphatic carbocycles. The van der Waals surface area contributed by atoms with Crippen molar-refractivity contribution in [1.82, 2.24) is 10.2 Å². The summed E-state index contributed by atoms with van der Waals surface area (Å²) in [5.74, 6) is 0. The lowest BCUT2D eigenvalue weighted by Crippen LogP contribution is -2.65. The van der Waals surface area contributed by atoms with Gasteiger partial charge in [0.05, 0.1) is 18.8 Å². The Morgan fingerprint density at radius 2 is 2.15 bits per heavy atom. The molecule has 0 radical (unpaired) electrons. The number of hydrogen-bond acceptors (Lipinski definition) is 3. The summed E-state index contributed by atoms with van der Waals surface area (Å²) in [5, 5.41) is 12.5. The predicted molar refractivity (Wildman–Crippen MR) is 77.6 cm³/mol. The van der Waals surface area contributed by atoms with E-state index in [1.165, 1.54) is 0 Å². The van der Waals surface area contributed by atoms with Gasteiger partial charge in [0.15, 0.2) is 0 Å². The highest BCUT2D eigenvalue weighted by Crippen LogP contribution is 2.48. The fraction of sp³-hybridized carbons (Fsp3) is 0.933. The molecule has 0 bridgehead atoms. The van der Waals surface area contributed by atoms with Gasteiger partial charge in [0.1, 0.15) is 0 Å². The summed E-state index contributed by atoms with van der Waals surface area (Å²) < 4.78 is 5.56. The standard InChI is InChI=1S/C15H28N2O3/c1-4-15(5-2)12(9-13(15)20-3)16-14(19)17-8-6-7-11(17)10-18/h11-13,18H,4-10H2,1-3H3,(H,16,19)/t11-,12?,13?/m1/s1. The number of likely N-dealkylation sites (tertiary alicyclic amines) is 1. The minimum absolute atomic E-state index is 0.00838. The number of urea groups is 1. The second-order valence-corrected chi connectivity index (χ2v) is 6.07. The van der Waals surface area contributed by atoms with E-state index in [1.807, 2.05) is 0 Å². The highest BCUT2D eigenvalue weighted by Gasteiger charge is 2.54. The molecular formula is C15H28N2O3. The summed E-state index contributed by atoms with van der Waals surface area (Å²) in [6.07, 6.45) is 5.04. The molecule has 1 heterocycles. The van der Waals surface area contributed by atoms with Gasteiger partial charge in [-0.1, -0.05) is 13.8 Å². The lowest BCUT2D eigenvalue weighted by atomic mass is 9.58. The zero-order valence-electron chi connectivity index (χ0n) is 12.9. The summed E-state index contributed by atoms with van der Waals surface area (Å²) in [4.78, 5) is 14.2. The van der Waals surface area contributed by atoms with Gasteiger partial charge in [-0.3, -0.25) is 0 Å². The number of nitrogens with zero attached hydrogens (tertiary/aromatic N) is 1. The van der Waals surface area contributed by atoms with Crippen molar-refractivity contribution < 1.29 is 14.6 Å². The van der Waals surface area contributed by atoms with Gasteiger partial charge < -0.3 is 20.1 Å². The van der Waals surface area contributed by atoms with Gasteiger partial charge in [-0.25, -0.2) is 4.79 Å². The van der Waals surface area contributed by atoms with Crippen LogP contribution in [0.4, 0.5) is 4.79 Å². The average Bonchev–Trinajstić information content (AvgIpc) is 2.92. The van der Waals surface area contributed by atoms with E-state index < -0.39 is 0 Å². The van der Waals surface area contributed by atoms with E-state index >= 15 is 0 Å². The largest absolute Gasteiger partial charge is 0.394 e. The van der Waals surface area contributed by atoms with Crippen LogP contribution in [0.3, 0.4) is 0 Å². The third-order valence-corrected chi connectivity index (χ3v) is 5.53. The van der Waals surface area contributed by atoms with E-state index in [0.717, 1.165) is 38.6 Å². The molecule has 20 heavy (non-hydrogen) atoms. The number of rotatable bonds is 5. The number of methoxy groups -OCH3 is 1. The van der Waals surface area contributed by atoms with Crippen LogP contribution < -0.4 is 5.32 Å². The number of ether oxygens (including phenoxy) is 1. The van der Waals surface area contributed by atoms with Crippen LogP contribution in [0.1, 0.15) is 46.0 Å². The Labute approximate surface area is 121 Å². The molecule has 5 nitrogen and oxygen atoms in total. The number of hydrogen-bond donors (Lipinski definition) is 2. The lowest BCUT2D eigenvalue weighted by molar-refractivity contribution is -0.120. The van der Waals surface area contributed by atoms with Gasteiger partial charge in [-0.05, 0) is 32.1 Å². The molecule has 2 fully saturated rings. The van der Waals surface area contributed by atoms with Crippen molar-refractivity contribution in [2.24, 2.45) is 5.41 Å². The first-order chi connectivity index (χ1) is 9.62. The third kappa shape index (κ3) is 2.42. The van der Waals surface area contributed by atoms with Crippen LogP contribution in [-0.4, -0.2) is 54.5 Å². The molecule has 0 aromatic heterocycles. The van der Waals surface area contributed by atoms with E-state index in [2.05, 4.69) is 19.2 Å². The molecule has 2 amide bonds. The van der Waals surface area contributed by atoms with Crippen LogP contribution in [0.25, 0.3) is 0 Å². The molecule has 2 unspecified atom stereocenters. The Morgan fingerprint density at radius 1 is 1.45 bits per heavy atom. The number of nitrogens with one attached hydrogen (secondary N) is 1. The normalized spacial score (nSPS) is 32.0.